The Hall–Kier alpha value is -0.980. The Morgan fingerprint density at radius 2 is 2.38 bits per heavy atom. The highest BCUT2D eigenvalue weighted by atomic mass is 14.9. The van der Waals surface area contributed by atoms with Crippen molar-refractivity contribution < 1.29 is 4.57 Å². The quantitative estimate of drug-likeness (QED) is 0.343. The standard InChI is InChI=1S/C7H9N/c1-7-4-3-5-8(2)6-7/h3-6H,2H2,1H3. The van der Waals surface area contributed by atoms with Gasteiger partial charge in [0.1, 0.15) is 0 Å². The average Bonchev–Trinajstić information content (AvgIpc) is 1.64. The van der Waals surface area contributed by atoms with Crippen molar-refractivity contribution in [3.05, 3.63) is 37.1 Å². The van der Waals surface area contributed by atoms with Crippen LogP contribution in [0.4, 0.5) is 0 Å². The van der Waals surface area contributed by atoms with E-state index < -0.39 is 0 Å². The van der Waals surface area contributed by atoms with Crippen LogP contribution in [0.1, 0.15) is 5.56 Å². The fourth-order valence-corrected chi connectivity index (χ4v) is 0.653. The molecule has 1 nitrogen and oxygen atoms in total. The molecule has 0 radical (unpaired) electrons. The number of rotatable bonds is 0. The molecule has 0 saturated carbocycles. The molecule has 0 spiro atoms. The first-order valence-electron chi connectivity index (χ1n) is 2.58. The van der Waals surface area contributed by atoms with Crippen molar-refractivity contribution in [3.63, 3.8) is 0 Å². The van der Waals surface area contributed by atoms with Crippen molar-refractivity contribution in [3.8, 4) is 0 Å². The summed E-state index contributed by atoms with van der Waals surface area (Å²) >= 11 is 0. The molecule has 0 unspecified atom stereocenters. The largest absolute Gasteiger partial charge is 0.339 e. The maximum absolute atomic E-state index is 3.70. The van der Waals surface area contributed by atoms with E-state index in [0.29, 0.717) is 0 Å². The van der Waals surface area contributed by atoms with Crippen molar-refractivity contribution in [2.45, 2.75) is 6.92 Å². The predicted molar refractivity (Wildman–Crippen MR) is 32.1 cm³/mol. The lowest BCUT2D eigenvalue weighted by Gasteiger charge is -1.93. The zero-order valence-electron chi connectivity index (χ0n) is 4.96. The zero-order chi connectivity index (χ0) is 5.98. The number of nitrogens with zero attached hydrogens (tertiary/aromatic N) is 1. The Morgan fingerprint density at radius 1 is 1.62 bits per heavy atom. The van der Waals surface area contributed by atoms with Gasteiger partial charge in [-0.25, -0.2) is 0 Å². The molecular weight excluding hydrogens is 98.1 g/mol. The molecule has 8 heavy (non-hydrogen) atoms. The summed E-state index contributed by atoms with van der Waals surface area (Å²) in [6.07, 6.45) is 3.88. The maximum atomic E-state index is 3.70. The number of aryl methyl sites for hydroxylation is 1. The summed E-state index contributed by atoms with van der Waals surface area (Å²) < 4.78 is 1.79. The Kier molecular flexibility index (Phi) is 1.20. The molecule has 0 amide bonds. The summed E-state index contributed by atoms with van der Waals surface area (Å²) in [6, 6.07) is 4.02. The highest BCUT2D eigenvalue weighted by Crippen LogP contribution is 1.86. The molecule has 0 saturated heterocycles. The molecule has 0 aliphatic carbocycles. The molecule has 1 rings (SSSR count). The zero-order valence-corrected chi connectivity index (χ0v) is 4.96. The van der Waals surface area contributed by atoms with E-state index in [2.05, 4.69) is 7.05 Å². The van der Waals surface area contributed by atoms with Crippen molar-refractivity contribution in [2.24, 2.45) is 0 Å². The van der Waals surface area contributed by atoms with Crippen LogP contribution in [0.25, 0.3) is 0 Å². The van der Waals surface area contributed by atoms with Gasteiger partial charge in [0.15, 0.2) is 0 Å². The molecule has 0 aromatic carbocycles. The Morgan fingerprint density at radius 3 is 2.75 bits per heavy atom. The third-order valence-electron chi connectivity index (χ3n) is 1.01. The van der Waals surface area contributed by atoms with Gasteiger partial charge in [-0.15, -0.1) is 0 Å². The van der Waals surface area contributed by atoms with Gasteiger partial charge in [-0.3, -0.25) is 0 Å². The van der Waals surface area contributed by atoms with Gasteiger partial charge >= 0.3 is 0 Å². The lowest BCUT2D eigenvalue weighted by atomic mass is 10.3. The highest BCUT2D eigenvalue weighted by molar-refractivity contribution is 5.01. The van der Waals surface area contributed by atoms with E-state index in [-0.39, 0.29) is 0 Å². The van der Waals surface area contributed by atoms with E-state index in [1.807, 2.05) is 31.5 Å². The number of hydrogen-bond acceptors (Lipinski definition) is 0. The molecule has 0 fully saturated rings. The minimum atomic E-state index is 1.24. The third-order valence-corrected chi connectivity index (χ3v) is 1.01. The Bertz CT molecular complexity index is 164. The van der Waals surface area contributed by atoms with E-state index in [4.69, 9.17) is 0 Å². The first-order chi connectivity index (χ1) is 3.79. The van der Waals surface area contributed by atoms with Gasteiger partial charge in [-0.1, -0.05) is 12.1 Å². The van der Waals surface area contributed by atoms with Crippen LogP contribution in [-0.4, -0.2) is 0 Å². The summed E-state index contributed by atoms with van der Waals surface area (Å²) in [5, 5.41) is 0. The SMILES string of the molecule is [CH2-][n+]1cccc(C)c1. The van der Waals surface area contributed by atoms with Crippen LogP contribution in [0, 0.1) is 14.0 Å². The van der Waals surface area contributed by atoms with Gasteiger partial charge in [0, 0.05) is 7.05 Å². The first kappa shape index (κ1) is 5.16. The maximum Gasteiger partial charge on any atom is 0.0719 e. The summed E-state index contributed by atoms with van der Waals surface area (Å²) in [5.74, 6) is 0. The molecule has 0 aliphatic rings. The Labute approximate surface area is 49.6 Å². The van der Waals surface area contributed by atoms with Crippen LogP contribution in [0.3, 0.4) is 0 Å². The van der Waals surface area contributed by atoms with Gasteiger partial charge in [0.05, 0.1) is 12.4 Å². The number of aromatic nitrogens is 1. The molecule has 0 atom stereocenters. The van der Waals surface area contributed by atoms with Gasteiger partial charge < -0.3 is 4.57 Å². The molecule has 42 valence electrons. The third kappa shape index (κ3) is 0.997. The molecule has 1 aromatic heterocycles. The summed E-state index contributed by atoms with van der Waals surface area (Å²) in [5.41, 5.74) is 1.24. The van der Waals surface area contributed by atoms with Gasteiger partial charge in [-0.2, -0.15) is 0 Å². The number of pyridine rings is 1. The first-order valence-corrected chi connectivity index (χ1v) is 2.58. The fraction of sp³-hybridized carbons (Fsp3) is 0.143. The van der Waals surface area contributed by atoms with Gasteiger partial charge in [0.25, 0.3) is 0 Å². The van der Waals surface area contributed by atoms with E-state index >= 15 is 0 Å². The van der Waals surface area contributed by atoms with E-state index in [1.54, 1.807) is 4.57 Å². The number of hydrogen-bond donors (Lipinski definition) is 0. The van der Waals surface area contributed by atoms with Crippen LogP contribution in [0.5, 0.6) is 0 Å². The fourth-order valence-electron chi connectivity index (χ4n) is 0.653. The topological polar surface area (TPSA) is 3.88 Å². The van der Waals surface area contributed by atoms with Crippen LogP contribution in [0.2, 0.25) is 0 Å². The van der Waals surface area contributed by atoms with Gasteiger partial charge in [-0.05, 0) is 12.5 Å². The average molecular weight is 107 g/mol. The molecule has 1 heteroatoms. The second kappa shape index (κ2) is 1.86. The van der Waals surface area contributed by atoms with Crippen molar-refractivity contribution >= 4 is 0 Å². The van der Waals surface area contributed by atoms with Crippen LogP contribution in [0.15, 0.2) is 24.5 Å². The van der Waals surface area contributed by atoms with E-state index in [1.165, 1.54) is 5.56 Å². The minimum Gasteiger partial charge on any atom is -0.339 e. The van der Waals surface area contributed by atoms with Gasteiger partial charge in [0.2, 0.25) is 0 Å². The smallest absolute Gasteiger partial charge is 0.0719 e. The summed E-state index contributed by atoms with van der Waals surface area (Å²) in [6.45, 7) is 2.04. The van der Waals surface area contributed by atoms with Crippen LogP contribution >= 0.6 is 0 Å². The van der Waals surface area contributed by atoms with Crippen LogP contribution in [-0.2, 0) is 0 Å². The predicted octanol–water partition coefficient (Wildman–Crippen LogP) is 0.922. The molecule has 0 N–H and O–H groups in total. The molecule has 0 aliphatic heterocycles. The molecular formula is C7H9N. The normalized spacial score (nSPS) is 9.12. The Balaban J connectivity index is 3.08. The monoisotopic (exact) mass is 107 g/mol. The highest BCUT2D eigenvalue weighted by Gasteiger charge is 1.79. The molecule has 0 bridgehead atoms. The van der Waals surface area contributed by atoms with E-state index in [9.17, 15) is 0 Å². The van der Waals surface area contributed by atoms with Crippen molar-refractivity contribution in [2.75, 3.05) is 0 Å². The van der Waals surface area contributed by atoms with Crippen molar-refractivity contribution in [1.82, 2.24) is 0 Å². The summed E-state index contributed by atoms with van der Waals surface area (Å²) in [4.78, 5) is 0. The molecule has 1 aromatic rings. The molecule has 1 heterocycles. The van der Waals surface area contributed by atoms with Crippen LogP contribution < -0.4 is 4.57 Å². The lowest BCUT2D eigenvalue weighted by Crippen LogP contribution is -2.23. The van der Waals surface area contributed by atoms with Crippen molar-refractivity contribution in [1.29, 1.82) is 0 Å². The lowest BCUT2D eigenvalue weighted by molar-refractivity contribution is -0.612. The summed E-state index contributed by atoms with van der Waals surface area (Å²) in [7, 11) is 3.70. The second-order valence-corrected chi connectivity index (χ2v) is 1.90. The van der Waals surface area contributed by atoms with E-state index in [0.717, 1.165) is 0 Å². The second-order valence-electron chi connectivity index (χ2n) is 1.90. The minimum absolute atomic E-state index is 1.24.